The first kappa shape index (κ1) is 13.2. The van der Waals surface area contributed by atoms with Gasteiger partial charge in [0.2, 0.25) is 5.91 Å². The van der Waals surface area contributed by atoms with Crippen molar-refractivity contribution in [3.05, 3.63) is 47.9 Å². The standard InChI is InChI=1S/C15H18N2O2/c1-3-15(18)17-14-8-4-7-13(11(14)2)16-10-12-6-5-9-19-12/h4-9,16H,3,10H2,1-2H3,(H,17,18). The maximum absolute atomic E-state index is 11.4. The van der Waals surface area contributed by atoms with Crippen molar-refractivity contribution in [3.8, 4) is 0 Å². The zero-order valence-electron chi connectivity index (χ0n) is 11.2. The third kappa shape index (κ3) is 3.37. The summed E-state index contributed by atoms with van der Waals surface area (Å²) in [4.78, 5) is 11.4. The second-order valence-corrected chi connectivity index (χ2v) is 4.31. The average molecular weight is 258 g/mol. The van der Waals surface area contributed by atoms with Crippen LogP contribution >= 0.6 is 0 Å². The van der Waals surface area contributed by atoms with E-state index in [2.05, 4.69) is 10.6 Å². The van der Waals surface area contributed by atoms with Crippen LogP contribution in [0.25, 0.3) is 0 Å². The Morgan fingerprint density at radius 1 is 1.21 bits per heavy atom. The lowest BCUT2D eigenvalue weighted by Gasteiger charge is -2.13. The van der Waals surface area contributed by atoms with E-state index in [-0.39, 0.29) is 5.91 Å². The lowest BCUT2D eigenvalue weighted by molar-refractivity contribution is -0.115. The summed E-state index contributed by atoms with van der Waals surface area (Å²) < 4.78 is 5.28. The Morgan fingerprint density at radius 2 is 2.00 bits per heavy atom. The molecule has 0 saturated heterocycles. The molecule has 0 atom stereocenters. The van der Waals surface area contributed by atoms with E-state index in [1.807, 2.05) is 44.2 Å². The van der Waals surface area contributed by atoms with Crippen molar-refractivity contribution in [2.75, 3.05) is 10.6 Å². The fraction of sp³-hybridized carbons (Fsp3) is 0.267. The van der Waals surface area contributed by atoms with E-state index in [1.54, 1.807) is 6.26 Å². The molecule has 1 aromatic heterocycles. The highest BCUT2D eigenvalue weighted by Crippen LogP contribution is 2.24. The molecule has 1 heterocycles. The van der Waals surface area contributed by atoms with E-state index in [0.29, 0.717) is 13.0 Å². The Balaban J connectivity index is 2.08. The zero-order chi connectivity index (χ0) is 13.7. The van der Waals surface area contributed by atoms with Crippen molar-refractivity contribution in [1.82, 2.24) is 0 Å². The molecule has 4 nitrogen and oxygen atoms in total. The van der Waals surface area contributed by atoms with Gasteiger partial charge in [0.25, 0.3) is 0 Å². The van der Waals surface area contributed by atoms with E-state index in [9.17, 15) is 4.79 Å². The highest BCUT2D eigenvalue weighted by molar-refractivity contribution is 5.92. The molecule has 2 rings (SSSR count). The predicted octanol–water partition coefficient (Wildman–Crippen LogP) is 3.55. The molecule has 0 saturated carbocycles. The van der Waals surface area contributed by atoms with Crippen LogP contribution in [0.4, 0.5) is 11.4 Å². The number of benzene rings is 1. The second kappa shape index (κ2) is 6.09. The van der Waals surface area contributed by atoms with Gasteiger partial charge < -0.3 is 15.1 Å². The number of furan rings is 1. The third-order valence-electron chi connectivity index (χ3n) is 2.96. The highest BCUT2D eigenvalue weighted by atomic mass is 16.3. The van der Waals surface area contributed by atoms with Crippen LogP contribution in [-0.4, -0.2) is 5.91 Å². The van der Waals surface area contributed by atoms with Gasteiger partial charge in [-0.15, -0.1) is 0 Å². The van der Waals surface area contributed by atoms with E-state index in [1.165, 1.54) is 0 Å². The van der Waals surface area contributed by atoms with E-state index < -0.39 is 0 Å². The minimum atomic E-state index is 0.0197. The largest absolute Gasteiger partial charge is 0.467 e. The van der Waals surface area contributed by atoms with Gasteiger partial charge in [0.15, 0.2) is 0 Å². The lowest BCUT2D eigenvalue weighted by Crippen LogP contribution is -2.11. The summed E-state index contributed by atoms with van der Waals surface area (Å²) in [6.45, 7) is 4.44. The minimum absolute atomic E-state index is 0.0197. The Hall–Kier alpha value is -2.23. The van der Waals surface area contributed by atoms with Crippen molar-refractivity contribution in [2.24, 2.45) is 0 Å². The predicted molar refractivity (Wildman–Crippen MR) is 76.1 cm³/mol. The number of nitrogens with one attached hydrogen (secondary N) is 2. The SMILES string of the molecule is CCC(=O)Nc1cccc(NCc2ccco2)c1C. The van der Waals surface area contributed by atoms with Gasteiger partial charge in [-0.05, 0) is 36.8 Å². The molecule has 2 N–H and O–H groups in total. The maximum atomic E-state index is 11.4. The molecule has 0 fully saturated rings. The van der Waals surface area contributed by atoms with Crippen LogP contribution in [-0.2, 0) is 11.3 Å². The van der Waals surface area contributed by atoms with E-state index in [0.717, 1.165) is 22.7 Å². The van der Waals surface area contributed by atoms with Crippen LogP contribution in [0.3, 0.4) is 0 Å². The number of carbonyl (C=O) groups is 1. The minimum Gasteiger partial charge on any atom is -0.467 e. The van der Waals surface area contributed by atoms with Gasteiger partial charge in [-0.2, -0.15) is 0 Å². The van der Waals surface area contributed by atoms with Gasteiger partial charge in [-0.3, -0.25) is 4.79 Å². The molecule has 0 aliphatic rings. The lowest BCUT2D eigenvalue weighted by atomic mass is 10.1. The first-order chi connectivity index (χ1) is 9.20. The zero-order valence-corrected chi connectivity index (χ0v) is 11.2. The molecule has 1 amide bonds. The Labute approximate surface area is 112 Å². The number of anilines is 2. The molecule has 0 aliphatic carbocycles. The van der Waals surface area contributed by atoms with Crippen LogP contribution in [0, 0.1) is 6.92 Å². The highest BCUT2D eigenvalue weighted by Gasteiger charge is 2.06. The summed E-state index contributed by atoms with van der Waals surface area (Å²) in [6.07, 6.45) is 2.13. The molecule has 1 aromatic carbocycles. The number of hydrogen-bond donors (Lipinski definition) is 2. The van der Waals surface area contributed by atoms with Crippen molar-refractivity contribution >= 4 is 17.3 Å². The van der Waals surface area contributed by atoms with Crippen molar-refractivity contribution in [1.29, 1.82) is 0 Å². The van der Waals surface area contributed by atoms with Gasteiger partial charge in [0, 0.05) is 17.8 Å². The van der Waals surface area contributed by atoms with E-state index >= 15 is 0 Å². The number of amides is 1. The van der Waals surface area contributed by atoms with Crippen molar-refractivity contribution in [3.63, 3.8) is 0 Å². The summed E-state index contributed by atoms with van der Waals surface area (Å²) in [6, 6.07) is 9.59. The molecule has 0 bridgehead atoms. The smallest absolute Gasteiger partial charge is 0.224 e. The van der Waals surface area contributed by atoms with Crippen LogP contribution in [0.1, 0.15) is 24.7 Å². The quantitative estimate of drug-likeness (QED) is 0.862. The topological polar surface area (TPSA) is 54.3 Å². The monoisotopic (exact) mass is 258 g/mol. The molecule has 0 spiro atoms. The van der Waals surface area contributed by atoms with Crippen LogP contribution < -0.4 is 10.6 Å². The van der Waals surface area contributed by atoms with E-state index in [4.69, 9.17) is 4.42 Å². The summed E-state index contributed by atoms with van der Waals surface area (Å²) >= 11 is 0. The molecular formula is C15H18N2O2. The maximum Gasteiger partial charge on any atom is 0.224 e. The summed E-state index contributed by atoms with van der Waals surface area (Å²) in [7, 11) is 0. The second-order valence-electron chi connectivity index (χ2n) is 4.31. The van der Waals surface area contributed by atoms with Gasteiger partial charge in [0.1, 0.15) is 5.76 Å². The Morgan fingerprint density at radius 3 is 2.68 bits per heavy atom. The number of hydrogen-bond acceptors (Lipinski definition) is 3. The van der Waals surface area contributed by atoms with Gasteiger partial charge in [-0.25, -0.2) is 0 Å². The fourth-order valence-electron chi connectivity index (χ4n) is 1.80. The van der Waals surface area contributed by atoms with Gasteiger partial charge >= 0.3 is 0 Å². The third-order valence-corrected chi connectivity index (χ3v) is 2.96. The average Bonchev–Trinajstić information content (AvgIpc) is 2.93. The molecule has 4 heteroatoms. The molecule has 0 aliphatic heterocycles. The van der Waals surface area contributed by atoms with Crippen molar-refractivity contribution in [2.45, 2.75) is 26.8 Å². The first-order valence-electron chi connectivity index (χ1n) is 6.36. The van der Waals surface area contributed by atoms with Crippen LogP contribution in [0.15, 0.2) is 41.0 Å². The molecule has 0 radical (unpaired) electrons. The Bertz CT molecular complexity index is 547. The number of carbonyl (C=O) groups excluding carboxylic acids is 1. The van der Waals surface area contributed by atoms with Crippen LogP contribution in [0.2, 0.25) is 0 Å². The summed E-state index contributed by atoms with van der Waals surface area (Å²) in [5, 5.41) is 6.19. The molecule has 0 unspecified atom stereocenters. The van der Waals surface area contributed by atoms with Gasteiger partial charge in [-0.1, -0.05) is 13.0 Å². The fourth-order valence-corrected chi connectivity index (χ4v) is 1.80. The Kier molecular flexibility index (Phi) is 4.23. The molecule has 2 aromatic rings. The van der Waals surface area contributed by atoms with Gasteiger partial charge in [0.05, 0.1) is 12.8 Å². The normalized spacial score (nSPS) is 10.2. The first-order valence-corrected chi connectivity index (χ1v) is 6.36. The van der Waals surface area contributed by atoms with Crippen molar-refractivity contribution < 1.29 is 9.21 Å². The number of rotatable bonds is 5. The molecular weight excluding hydrogens is 240 g/mol. The summed E-state index contributed by atoms with van der Waals surface area (Å²) in [5.74, 6) is 0.897. The van der Waals surface area contributed by atoms with Crippen LogP contribution in [0.5, 0.6) is 0 Å². The summed E-state index contributed by atoms with van der Waals surface area (Å²) in [5.41, 5.74) is 2.86. The molecule has 19 heavy (non-hydrogen) atoms. The molecule has 100 valence electrons.